The molecule has 4 N–H and O–H groups in total. The summed E-state index contributed by atoms with van der Waals surface area (Å²) in [5, 5.41) is 20.7. The van der Waals surface area contributed by atoms with Crippen LogP contribution in [0.15, 0.2) is 53.9 Å². The molecule has 2 aromatic carbocycles. The highest BCUT2D eigenvalue weighted by Crippen LogP contribution is 2.35. The standard InChI is InChI=1S/C31H35ClN10O6/c1-34-31(44)26-23(40-41-33)25(43)27(48-26)30-38-24-28(36-17-37-29(24)39-30)35-15-19-14-20(32)5-6-22(19)47-16-18-3-2-4-21(13-18)46-12-9-42-7-10-45-11-8-42/h2-6,13-14,17,23,25-27,43H,7-12,15-16H2,1H3,(H,34,44)(H2,35,36,37,38,39)/t23-,25+,26-,27-/m0/s1. The summed E-state index contributed by atoms with van der Waals surface area (Å²) in [6.07, 6.45) is -2.25. The minimum absolute atomic E-state index is 0.199. The van der Waals surface area contributed by atoms with E-state index in [-0.39, 0.29) is 5.82 Å². The van der Waals surface area contributed by atoms with Gasteiger partial charge < -0.3 is 39.7 Å². The predicted molar refractivity (Wildman–Crippen MR) is 175 cm³/mol. The number of nitrogens with zero attached hydrogens (tertiary/aromatic N) is 7. The van der Waals surface area contributed by atoms with Crippen molar-refractivity contribution in [3.8, 4) is 11.5 Å². The molecule has 2 aliphatic rings. The van der Waals surface area contributed by atoms with E-state index >= 15 is 0 Å². The number of azide groups is 1. The van der Waals surface area contributed by atoms with Crippen LogP contribution in [0.25, 0.3) is 21.6 Å². The second-order valence-corrected chi connectivity index (χ2v) is 11.6. The number of aliphatic hydroxyl groups excluding tert-OH is 1. The molecule has 4 atom stereocenters. The monoisotopic (exact) mass is 678 g/mol. The van der Waals surface area contributed by atoms with Crippen LogP contribution < -0.4 is 20.1 Å². The number of aromatic amines is 1. The fourth-order valence-corrected chi connectivity index (χ4v) is 5.77. The lowest BCUT2D eigenvalue weighted by molar-refractivity contribution is -0.132. The van der Waals surface area contributed by atoms with Crippen LogP contribution in [0.2, 0.25) is 5.02 Å². The summed E-state index contributed by atoms with van der Waals surface area (Å²) in [5.74, 6) is 1.50. The molecule has 48 heavy (non-hydrogen) atoms. The van der Waals surface area contributed by atoms with Gasteiger partial charge >= 0.3 is 0 Å². The zero-order chi connectivity index (χ0) is 33.5. The average Bonchev–Trinajstić information content (AvgIpc) is 3.68. The Hall–Kier alpha value is -4.70. The number of nitrogens with one attached hydrogen (secondary N) is 3. The molecule has 2 aromatic heterocycles. The van der Waals surface area contributed by atoms with E-state index in [1.54, 1.807) is 6.07 Å². The van der Waals surface area contributed by atoms with E-state index in [9.17, 15) is 9.90 Å². The molecule has 4 aromatic rings. The maximum Gasteiger partial charge on any atom is 0.249 e. The zero-order valence-corrected chi connectivity index (χ0v) is 26.8. The number of benzene rings is 2. The number of carbonyl (C=O) groups excluding carboxylic acids is 1. The number of morpholine rings is 1. The van der Waals surface area contributed by atoms with Crippen molar-refractivity contribution in [3.63, 3.8) is 0 Å². The third kappa shape index (κ3) is 7.71. The molecule has 4 heterocycles. The molecule has 0 bridgehead atoms. The van der Waals surface area contributed by atoms with Crippen molar-refractivity contribution in [1.82, 2.24) is 30.2 Å². The number of hydrogen-bond acceptors (Lipinski definition) is 12. The number of anilines is 1. The molecule has 2 aliphatic heterocycles. The lowest BCUT2D eigenvalue weighted by Crippen LogP contribution is -2.40. The first-order chi connectivity index (χ1) is 23.4. The van der Waals surface area contributed by atoms with Crippen LogP contribution in [0.3, 0.4) is 0 Å². The van der Waals surface area contributed by atoms with Gasteiger partial charge in [-0.15, -0.1) is 0 Å². The smallest absolute Gasteiger partial charge is 0.249 e. The van der Waals surface area contributed by atoms with Crippen molar-refractivity contribution in [2.24, 2.45) is 5.11 Å². The molecule has 16 nitrogen and oxygen atoms in total. The van der Waals surface area contributed by atoms with E-state index in [2.05, 4.69) is 45.5 Å². The Balaban J connectivity index is 1.11. The van der Waals surface area contributed by atoms with Gasteiger partial charge in [0.15, 0.2) is 11.5 Å². The normalized spacial score (nSPS) is 21.1. The van der Waals surface area contributed by atoms with Crippen molar-refractivity contribution in [3.05, 3.63) is 81.2 Å². The topological polar surface area (TPSA) is 205 Å². The number of imidazole rings is 1. The van der Waals surface area contributed by atoms with Gasteiger partial charge in [0.05, 0.1) is 19.3 Å². The summed E-state index contributed by atoms with van der Waals surface area (Å²) in [5.41, 5.74) is 11.5. The SMILES string of the molecule is CNC(=O)[C@H]1O[C@H](c2nc3ncnc(NCc4cc(Cl)ccc4OCc4cccc(OCCN5CCOCC5)c4)c3[nH]2)[C@H](O)[C@@H]1N=[N+]=[N-]. The molecule has 252 valence electrons. The van der Waals surface area contributed by atoms with Crippen molar-refractivity contribution >= 4 is 34.5 Å². The number of likely N-dealkylation sites (N-methyl/N-ethyl adjacent to an activating group) is 1. The van der Waals surface area contributed by atoms with E-state index in [0.29, 0.717) is 47.5 Å². The van der Waals surface area contributed by atoms with Gasteiger partial charge in [-0.1, -0.05) is 28.8 Å². The lowest BCUT2D eigenvalue weighted by atomic mass is 10.0. The third-order valence-electron chi connectivity index (χ3n) is 8.07. The number of fused-ring (bicyclic) bond motifs is 1. The molecule has 2 saturated heterocycles. The number of rotatable bonds is 13. The Labute approximate surface area is 280 Å². The van der Waals surface area contributed by atoms with Crippen LogP contribution in [0.1, 0.15) is 23.1 Å². The van der Waals surface area contributed by atoms with Crippen molar-refractivity contribution < 1.29 is 28.8 Å². The Morgan fingerprint density at radius 2 is 2.08 bits per heavy atom. The number of amides is 1. The van der Waals surface area contributed by atoms with Crippen LogP contribution in [0.4, 0.5) is 5.82 Å². The number of H-pyrrole nitrogens is 1. The first-order valence-corrected chi connectivity index (χ1v) is 15.8. The summed E-state index contributed by atoms with van der Waals surface area (Å²) in [7, 11) is 1.42. The highest BCUT2D eigenvalue weighted by atomic mass is 35.5. The van der Waals surface area contributed by atoms with Crippen molar-refractivity contribution in [2.75, 3.05) is 51.8 Å². The van der Waals surface area contributed by atoms with Crippen LogP contribution in [0.5, 0.6) is 11.5 Å². The molecule has 6 rings (SSSR count). The molecule has 2 fully saturated rings. The van der Waals surface area contributed by atoms with Gasteiger partial charge in [-0.3, -0.25) is 9.69 Å². The van der Waals surface area contributed by atoms with Gasteiger partial charge in [0.2, 0.25) is 5.91 Å². The predicted octanol–water partition coefficient (Wildman–Crippen LogP) is 3.13. The van der Waals surface area contributed by atoms with Gasteiger partial charge in [-0.05, 0) is 41.4 Å². The van der Waals surface area contributed by atoms with Crippen LogP contribution >= 0.6 is 11.6 Å². The molecular formula is C31H35ClN10O6. The number of carbonyl (C=O) groups is 1. The number of aromatic nitrogens is 4. The molecule has 0 spiro atoms. The molecule has 0 unspecified atom stereocenters. The molecule has 17 heteroatoms. The van der Waals surface area contributed by atoms with E-state index in [1.807, 2.05) is 36.4 Å². The van der Waals surface area contributed by atoms with Crippen LogP contribution in [-0.2, 0) is 27.4 Å². The molecule has 0 radical (unpaired) electrons. The average molecular weight is 679 g/mol. The summed E-state index contributed by atoms with van der Waals surface area (Å²) >= 11 is 6.36. The minimum atomic E-state index is -1.33. The summed E-state index contributed by atoms with van der Waals surface area (Å²) in [4.78, 5) is 33.6. The van der Waals surface area contributed by atoms with Crippen LogP contribution in [0, 0.1) is 0 Å². The minimum Gasteiger partial charge on any atom is -0.492 e. The first-order valence-electron chi connectivity index (χ1n) is 15.4. The van der Waals surface area contributed by atoms with Gasteiger partial charge in [0.1, 0.15) is 60.6 Å². The molecule has 1 amide bonds. The highest BCUT2D eigenvalue weighted by Gasteiger charge is 2.48. The number of ether oxygens (including phenoxy) is 4. The van der Waals surface area contributed by atoms with Crippen molar-refractivity contribution in [2.45, 2.75) is 37.5 Å². The molecular weight excluding hydrogens is 644 g/mol. The summed E-state index contributed by atoms with van der Waals surface area (Å²) < 4.78 is 23.4. The van der Waals surface area contributed by atoms with Gasteiger partial charge in [-0.2, -0.15) is 0 Å². The quantitative estimate of drug-likeness (QED) is 0.0918. The number of hydrogen-bond donors (Lipinski definition) is 4. The largest absolute Gasteiger partial charge is 0.492 e. The van der Waals surface area contributed by atoms with Gasteiger partial charge in [0, 0.05) is 48.7 Å². The summed E-state index contributed by atoms with van der Waals surface area (Å²) in [6.45, 7) is 5.39. The Bertz CT molecular complexity index is 1780. The highest BCUT2D eigenvalue weighted by molar-refractivity contribution is 6.30. The van der Waals surface area contributed by atoms with Crippen molar-refractivity contribution in [1.29, 1.82) is 0 Å². The second kappa shape index (κ2) is 15.5. The zero-order valence-electron chi connectivity index (χ0n) is 26.1. The third-order valence-corrected chi connectivity index (χ3v) is 8.31. The van der Waals surface area contributed by atoms with E-state index < -0.39 is 30.3 Å². The molecule has 0 aliphatic carbocycles. The maximum atomic E-state index is 12.3. The lowest BCUT2D eigenvalue weighted by Gasteiger charge is -2.26. The van der Waals surface area contributed by atoms with E-state index in [1.165, 1.54) is 13.4 Å². The first kappa shape index (κ1) is 33.2. The fourth-order valence-electron chi connectivity index (χ4n) is 5.58. The fraction of sp³-hybridized carbons (Fsp3) is 0.419. The number of halogens is 1. The Morgan fingerprint density at radius 3 is 2.90 bits per heavy atom. The van der Waals surface area contributed by atoms with Gasteiger partial charge in [0.25, 0.3) is 0 Å². The van der Waals surface area contributed by atoms with Gasteiger partial charge in [-0.25, -0.2) is 15.0 Å². The maximum absolute atomic E-state index is 12.3. The second-order valence-electron chi connectivity index (χ2n) is 11.2. The molecule has 0 saturated carbocycles. The Morgan fingerprint density at radius 1 is 1.23 bits per heavy atom. The Kier molecular flexibility index (Phi) is 10.7. The van der Waals surface area contributed by atoms with E-state index in [0.717, 1.165) is 49.7 Å². The van der Waals surface area contributed by atoms with Crippen LogP contribution in [-0.4, -0.2) is 101 Å². The number of aliphatic hydroxyl groups is 1. The van der Waals surface area contributed by atoms with E-state index in [4.69, 9.17) is 36.1 Å². The summed E-state index contributed by atoms with van der Waals surface area (Å²) in [6, 6.07) is 12.1.